The molecule has 1 fully saturated rings. The predicted octanol–water partition coefficient (Wildman–Crippen LogP) is 3.59. The highest BCUT2D eigenvalue weighted by atomic mass is 16.2. The van der Waals surface area contributed by atoms with Gasteiger partial charge in [-0.25, -0.2) is 0 Å². The van der Waals surface area contributed by atoms with E-state index in [1.54, 1.807) is 0 Å². The van der Waals surface area contributed by atoms with E-state index >= 15 is 0 Å². The topological polar surface area (TPSA) is 58.1 Å². The zero-order chi connectivity index (χ0) is 19.3. The first-order valence-corrected chi connectivity index (χ1v) is 9.76. The average Bonchev–Trinajstić information content (AvgIpc) is 2.67. The largest absolute Gasteiger partial charge is 0.347 e. The van der Waals surface area contributed by atoms with Gasteiger partial charge >= 0.3 is 0 Å². The lowest BCUT2D eigenvalue weighted by molar-refractivity contribution is -0.129. The molecule has 1 N–H and O–H groups in total. The molecule has 3 rings (SSSR count). The van der Waals surface area contributed by atoms with E-state index in [1.807, 2.05) is 63.6 Å². The van der Waals surface area contributed by atoms with E-state index < -0.39 is 5.41 Å². The highest BCUT2D eigenvalue weighted by molar-refractivity contribution is 5.81. The Kier molecular flexibility index (Phi) is 6.22. The fourth-order valence-electron chi connectivity index (χ4n) is 3.55. The molecule has 0 spiro atoms. The summed E-state index contributed by atoms with van der Waals surface area (Å²) in [7, 11) is 0. The van der Waals surface area contributed by atoms with E-state index in [0.29, 0.717) is 5.92 Å². The van der Waals surface area contributed by atoms with Crippen LogP contribution < -0.4 is 5.32 Å². The molecular formula is C22H30N4O. The standard InChI is InChI=1S/C22H30N4O/c1-22(2,3)21(27)25-20(19-8-4-5-12-24-19)18-9-13-26(14-10-18)16-17-7-6-11-23-15-17/h4-8,11-12,15,18,20H,9-10,13-14,16H2,1-3H3,(H,25,27). The van der Waals surface area contributed by atoms with Crippen molar-refractivity contribution in [2.24, 2.45) is 11.3 Å². The number of piperidine rings is 1. The second-order valence-electron chi connectivity index (χ2n) is 8.43. The minimum atomic E-state index is -0.409. The van der Waals surface area contributed by atoms with Crippen LogP contribution in [-0.4, -0.2) is 33.9 Å². The number of amides is 1. The third-order valence-electron chi connectivity index (χ3n) is 5.21. The van der Waals surface area contributed by atoms with Gasteiger partial charge in [-0.3, -0.25) is 19.7 Å². The van der Waals surface area contributed by atoms with E-state index in [4.69, 9.17) is 0 Å². The molecule has 0 saturated carbocycles. The summed E-state index contributed by atoms with van der Waals surface area (Å²) in [4.78, 5) is 23.9. The molecule has 0 aromatic carbocycles. The number of rotatable bonds is 5. The molecule has 1 atom stereocenters. The van der Waals surface area contributed by atoms with Crippen molar-refractivity contribution in [3.63, 3.8) is 0 Å². The van der Waals surface area contributed by atoms with Crippen molar-refractivity contribution in [2.45, 2.75) is 46.2 Å². The summed E-state index contributed by atoms with van der Waals surface area (Å²) < 4.78 is 0. The smallest absolute Gasteiger partial charge is 0.225 e. The first-order chi connectivity index (χ1) is 12.9. The van der Waals surface area contributed by atoms with Gasteiger partial charge in [-0.15, -0.1) is 0 Å². The van der Waals surface area contributed by atoms with Crippen molar-refractivity contribution in [3.8, 4) is 0 Å². The number of carbonyl (C=O) groups is 1. The summed E-state index contributed by atoms with van der Waals surface area (Å²) in [5.41, 5.74) is 1.80. The predicted molar refractivity (Wildman–Crippen MR) is 107 cm³/mol. The van der Waals surface area contributed by atoms with Crippen LogP contribution in [0.3, 0.4) is 0 Å². The lowest BCUT2D eigenvalue weighted by atomic mass is 9.85. The van der Waals surface area contributed by atoms with E-state index in [0.717, 1.165) is 38.2 Å². The van der Waals surface area contributed by atoms with Crippen LogP contribution in [0.1, 0.15) is 50.9 Å². The molecule has 1 unspecified atom stereocenters. The first kappa shape index (κ1) is 19.5. The second-order valence-corrected chi connectivity index (χ2v) is 8.43. The molecule has 1 saturated heterocycles. The van der Waals surface area contributed by atoms with E-state index in [9.17, 15) is 4.79 Å². The van der Waals surface area contributed by atoms with Crippen molar-refractivity contribution in [2.75, 3.05) is 13.1 Å². The Bertz CT molecular complexity index is 719. The molecule has 1 aliphatic rings. The molecule has 5 nitrogen and oxygen atoms in total. The fraction of sp³-hybridized carbons (Fsp3) is 0.500. The van der Waals surface area contributed by atoms with Crippen LogP contribution in [0.2, 0.25) is 0 Å². The Balaban J connectivity index is 1.66. The van der Waals surface area contributed by atoms with Crippen LogP contribution in [0.4, 0.5) is 0 Å². The second kappa shape index (κ2) is 8.61. The third-order valence-corrected chi connectivity index (χ3v) is 5.21. The molecule has 1 aliphatic heterocycles. The highest BCUT2D eigenvalue weighted by Crippen LogP contribution is 2.31. The molecule has 2 aromatic heterocycles. The number of aromatic nitrogens is 2. The zero-order valence-corrected chi connectivity index (χ0v) is 16.6. The van der Waals surface area contributed by atoms with Gasteiger partial charge in [0.2, 0.25) is 5.91 Å². The number of likely N-dealkylation sites (tertiary alicyclic amines) is 1. The monoisotopic (exact) mass is 366 g/mol. The van der Waals surface area contributed by atoms with Crippen LogP contribution in [0.5, 0.6) is 0 Å². The molecule has 144 valence electrons. The molecule has 0 aliphatic carbocycles. The van der Waals surface area contributed by atoms with Crippen LogP contribution >= 0.6 is 0 Å². The van der Waals surface area contributed by atoms with Crippen molar-refractivity contribution >= 4 is 5.91 Å². The number of pyridine rings is 2. The molecule has 0 bridgehead atoms. The van der Waals surface area contributed by atoms with Gasteiger partial charge in [-0.05, 0) is 55.6 Å². The minimum absolute atomic E-state index is 0.0292. The lowest BCUT2D eigenvalue weighted by Gasteiger charge is -2.37. The summed E-state index contributed by atoms with van der Waals surface area (Å²) >= 11 is 0. The fourth-order valence-corrected chi connectivity index (χ4v) is 3.55. The molecule has 27 heavy (non-hydrogen) atoms. The minimum Gasteiger partial charge on any atom is -0.347 e. The van der Waals surface area contributed by atoms with Gasteiger partial charge in [0.15, 0.2) is 0 Å². The Hall–Kier alpha value is -2.27. The van der Waals surface area contributed by atoms with Gasteiger partial charge in [0.1, 0.15) is 0 Å². The summed E-state index contributed by atoms with van der Waals surface area (Å²) in [6.45, 7) is 8.84. The van der Waals surface area contributed by atoms with Crippen LogP contribution in [0.25, 0.3) is 0 Å². The van der Waals surface area contributed by atoms with Crippen molar-refractivity contribution < 1.29 is 4.79 Å². The Labute approximate surface area is 162 Å². The number of nitrogens with zero attached hydrogens (tertiary/aromatic N) is 3. The maximum Gasteiger partial charge on any atom is 0.225 e. The third kappa shape index (κ3) is 5.36. The van der Waals surface area contributed by atoms with Crippen LogP contribution in [0, 0.1) is 11.3 Å². The van der Waals surface area contributed by atoms with Crippen molar-refractivity contribution in [3.05, 3.63) is 60.2 Å². The first-order valence-electron chi connectivity index (χ1n) is 9.76. The highest BCUT2D eigenvalue weighted by Gasteiger charge is 2.32. The van der Waals surface area contributed by atoms with Gasteiger partial charge in [0.05, 0.1) is 11.7 Å². The van der Waals surface area contributed by atoms with Gasteiger partial charge in [0.25, 0.3) is 0 Å². The maximum atomic E-state index is 12.6. The Morgan fingerprint density at radius 2 is 1.96 bits per heavy atom. The summed E-state index contributed by atoms with van der Waals surface area (Å²) in [5, 5.41) is 3.28. The Morgan fingerprint density at radius 3 is 2.56 bits per heavy atom. The SMILES string of the molecule is CC(C)(C)C(=O)NC(c1ccccn1)C1CCN(Cc2cccnc2)CC1. The zero-order valence-electron chi connectivity index (χ0n) is 16.6. The van der Waals surface area contributed by atoms with Gasteiger partial charge in [0, 0.05) is 30.6 Å². The molecule has 3 heterocycles. The van der Waals surface area contributed by atoms with Gasteiger partial charge in [-0.1, -0.05) is 32.9 Å². The van der Waals surface area contributed by atoms with Crippen LogP contribution in [-0.2, 0) is 11.3 Å². The maximum absolute atomic E-state index is 12.6. The summed E-state index contributed by atoms with van der Waals surface area (Å²) in [6, 6.07) is 10.0. The summed E-state index contributed by atoms with van der Waals surface area (Å²) in [5.74, 6) is 0.479. The number of hydrogen-bond acceptors (Lipinski definition) is 4. The van der Waals surface area contributed by atoms with Crippen LogP contribution in [0.15, 0.2) is 48.9 Å². The normalized spacial score (nSPS) is 17.4. The lowest BCUT2D eigenvalue weighted by Crippen LogP contribution is -2.44. The molecule has 1 amide bonds. The van der Waals surface area contributed by atoms with Gasteiger partial charge in [-0.2, -0.15) is 0 Å². The number of hydrogen-bond donors (Lipinski definition) is 1. The van der Waals surface area contributed by atoms with E-state index in [1.165, 1.54) is 5.56 Å². The van der Waals surface area contributed by atoms with E-state index in [2.05, 4.69) is 26.3 Å². The van der Waals surface area contributed by atoms with Crippen molar-refractivity contribution in [1.82, 2.24) is 20.2 Å². The quantitative estimate of drug-likeness (QED) is 0.878. The van der Waals surface area contributed by atoms with Gasteiger partial charge < -0.3 is 5.32 Å². The van der Waals surface area contributed by atoms with Crippen molar-refractivity contribution in [1.29, 1.82) is 0 Å². The molecular weight excluding hydrogens is 336 g/mol. The van der Waals surface area contributed by atoms with E-state index in [-0.39, 0.29) is 11.9 Å². The molecule has 5 heteroatoms. The number of carbonyl (C=O) groups excluding carboxylic acids is 1. The summed E-state index contributed by atoms with van der Waals surface area (Å²) in [6.07, 6.45) is 7.65. The Morgan fingerprint density at radius 1 is 1.19 bits per heavy atom. The number of nitrogens with one attached hydrogen (secondary N) is 1. The average molecular weight is 367 g/mol. The molecule has 0 radical (unpaired) electrons. The molecule has 2 aromatic rings.